The maximum Gasteiger partial charge on any atom is 0.147 e. The molecule has 1 N–H and O–H groups in total. The third kappa shape index (κ3) is 2.05. The van der Waals surface area contributed by atoms with Gasteiger partial charge < -0.3 is 14.5 Å². The van der Waals surface area contributed by atoms with E-state index in [0.717, 1.165) is 48.3 Å². The van der Waals surface area contributed by atoms with Crippen LogP contribution in [-0.2, 0) is 0 Å². The molecule has 0 atom stereocenters. The standard InChI is InChI=1S/C17H17N7/c1-4-20-17-13(1)16-14(9-21-17)22-11-24(16)12-2-7-23(8-3-12)15-10-18-5-6-19-15/h1,4-6,9-12H,2-3,7-8H2,(H,20,21). The minimum Gasteiger partial charge on any atom is -0.355 e. The maximum atomic E-state index is 4.55. The number of fused-ring (bicyclic) bond motifs is 3. The van der Waals surface area contributed by atoms with E-state index in [4.69, 9.17) is 0 Å². The molecule has 0 unspecified atom stereocenters. The Morgan fingerprint density at radius 1 is 1.04 bits per heavy atom. The summed E-state index contributed by atoms with van der Waals surface area (Å²) in [5.74, 6) is 0.962. The van der Waals surface area contributed by atoms with Gasteiger partial charge in [-0.1, -0.05) is 0 Å². The zero-order valence-corrected chi connectivity index (χ0v) is 13.1. The van der Waals surface area contributed by atoms with Crippen LogP contribution in [0.4, 0.5) is 5.82 Å². The lowest BCUT2D eigenvalue weighted by atomic mass is 10.0. The number of piperidine rings is 1. The van der Waals surface area contributed by atoms with Gasteiger partial charge in [-0.05, 0) is 18.9 Å². The molecule has 0 aromatic carbocycles. The second-order valence-corrected chi connectivity index (χ2v) is 6.17. The Balaban J connectivity index is 1.46. The van der Waals surface area contributed by atoms with Crippen LogP contribution in [0.1, 0.15) is 18.9 Å². The largest absolute Gasteiger partial charge is 0.355 e. The molecule has 0 bridgehead atoms. The van der Waals surface area contributed by atoms with Gasteiger partial charge in [0.25, 0.3) is 0 Å². The van der Waals surface area contributed by atoms with E-state index in [1.807, 2.05) is 24.9 Å². The maximum absolute atomic E-state index is 4.55. The lowest BCUT2D eigenvalue weighted by Crippen LogP contribution is -2.35. The number of anilines is 1. The van der Waals surface area contributed by atoms with E-state index in [2.05, 4.69) is 40.5 Å². The van der Waals surface area contributed by atoms with Crippen LogP contribution in [0.3, 0.4) is 0 Å². The number of hydrogen-bond acceptors (Lipinski definition) is 5. The van der Waals surface area contributed by atoms with Crippen molar-refractivity contribution < 1.29 is 0 Å². The van der Waals surface area contributed by atoms with Crippen LogP contribution in [0.2, 0.25) is 0 Å². The lowest BCUT2D eigenvalue weighted by molar-refractivity contribution is 0.403. The van der Waals surface area contributed by atoms with Crippen molar-refractivity contribution in [2.45, 2.75) is 18.9 Å². The summed E-state index contributed by atoms with van der Waals surface area (Å²) in [6, 6.07) is 2.53. The van der Waals surface area contributed by atoms with Crippen LogP contribution >= 0.6 is 0 Å². The topological polar surface area (TPSA) is 75.5 Å². The van der Waals surface area contributed by atoms with Crippen LogP contribution in [0.15, 0.2) is 43.4 Å². The molecule has 0 saturated carbocycles. The first-order valence-electron chi connectivity index (χ1n) is 8.20. The first-order chi connectivity index (χ1) is 11.9. The summed E-state index contributed by atoms with van der Waals surface area (Å²) in [7, 11) is 0. The van der Waals surface area contributed by atoms with Gasteiger partial charge in [0, 0.05) is 43.1 Å². The van der Waals surface area contributed by atoms with Gasteiger partial charge in [0.1, 0.15) is 17.0 Å². The molecule has 24 heavy (non-hydrogen) atoms. The number of nitrogens with zero attached hydrogens (tertiary/aromatic N) is 6. The quantitative estimate of drug-likeness (QED) is 0.614. The molecule has 1 saturated heterocycles. The normalized spacial score (nSPS) is 16.2. The van der Waals surface area contributed by atoms with Crippen LogP contribution in [-0.4, -0.2) is 42.6 Å². The van der Waals surface area contributed by atoms with Crippen molar-refractivity contribution in [3.63, 3.8) is 0 Å². The van der Waals surface area contributed by atoms with Crippen LogP contribution in [0.5, 0.6) is 0 Å². The summed E-state index contributed by atoms with van der Waals surface area (Å²) in [5.41, 5.74) is 3.05. The van der Waals surface area contributed by atoms with E-state index in [1.54, 1.807) is 12.4 Å². The fourth-order valence-corrected chi connectivity index (χ4v) is 3.64. The number of nitrogens with one attached hydrogen (secondary N) is 1. The van der Waals surface area contributed by atoms with Crippen molar-refractivity contribution in [3.05, 3.63) is 43.4 Å². The van der Waals surface area contributed by atoms with Gasteiger partial charge in [0.15, 0.2) is 0 Å². The lowest BCUT2D eigenvalue weighted by Gasteiger charge is -2.33. The van der Waals surface area contributed by atoms with Crippen molar-refractivity contribution in [2.75, 3.05) is 18.0 Å². The highest BCUT2D eigenvalue weighted by Crippen LogP contribution is 2.30. The average molecular weight is 319 g/mol. The summed E-state index contributed by atoms with van der Waals surface area (Å²) in [6.07, 6.45) is 13.2. The average Bonchev–Trinajstić information content (AvgIpc) is 3.29. The Kier molecular flexibility index (Phi) is 2.97. The highest BCUT2D eigenvalue weighted by atomic mass is 15.2. The molecule has 1 aliphatic heterocycles. The summed E-state index contributed by atoms with van der Waals surface area (Å²) < 4.78 is 2.32. The molecule has 1 aliphatic rings. The minimum absolute atomic E-state index is 0.448. The SMILES string of the molecule is c1cnc(N2CCC(n3cnc4cnc5[nH]ccc5c43)CC2)cn1. The molecular formula is C17H17N7. The molecule has 7 heteroatoms. The number of hydrogen-bond donors (Lipinski definition) is 1. The fraction of sp³-hybridized carbons (Fsp3) is 0.294. The summed E-state index contributed by atoms with van der Waals surface area (Å²) in [6.45, 7) is 1.95. The van der Waals surface area contributed by atoms with E-state index in [1.165, 1.54) is 5.52 Å². The molecule has 4 aromatic heterocycles. The van der Waals surface area contributed by atoms with Crippen molar-refractivity contribution in [3.8, 4) is 0 Å². The monoisotopic (exact) mass is 319 g/mol. The molecule has 120 valence electrons. The van der Waals surface area contributed by atoms with E-state index in [9.17, 15) is 0 Å². The van der Waals surface area contributed by atoms with Gasteiger partial charge in [0.05, 0.1) is 24.2 Å². The van der Waals surface area contributed by atoms with Crippen LogP contribution < -0.4 is 4.90 Å². The highest BCUT2D eigenvalue weighted by molar-refractivity contribution is 6.00. The molecular weight excluding hydrogens is 302 g/mol. The number of pyridine rings is 1. The number of rotatable bonds is 2. The molecule has 7 nitrogen and oxygen atoms in total. The van der Waals surface area contributed by atoms with Gasteiger partial charge in [0.2, 0.25) is 0 Å². The number of imidazole rings is 1. The summed E-state index contributed by atoms with van der Waals surface area (Å²) in [5, 5.41) is 1.14. The number of aromatic amines is 1. The summed E-state index contributed by atoms with van der Waals surface area (Å²) >= 11 is 0. The highest BCUT2D eigenvalue weighted by Gasteiger charge is 2.23. The number of aromatic nitrogens is 6. The van der Waals surface area contributed by atoms with Crippen molar-refractivity contribution in [2.24, 2.45) is 0 Å². The van der Waals surface area contributed by atoms with Crippen LogP contribution in [0.25, 0.3) is 22.1 Å². The number of H-pyrrole nitrogens is 1. The third-order valence-electron chi connectivity index (χ3n) is 4.85. The predicted molar refractivity (Wildman–Crippen MR) is 91.9 cm³/mol. The van der Waals surface area contributed by atoms with E-state index in [-0.39, 0.29) is 0 Å². The molecule has 0 spiro atoms. The molecule has 0 radical (unpaired) electrons. The third-order valence-corrected chi connectivity index (χ3v) is 4.85. The molecule has 0 aliphatic carbocycles. The van der Waals surface area contributed by atoms with E-state index in [0.29, 0.717) is 6.04 Å². The Bertz CT molecular complexity index is 980. The van der Waals surface area contributed by atoms with Gasteiger partial charge in [-0.3, -0.25) is 4.98 Å². The summed E-state index contributed by atoms with van der Waals surface area (Å²) in [4.78, 5) is 23.0. The molecule has 4 aromatic rings. The van der Waals surface area contributed by atoms with Crippen molar-refractivity contribution in [1.82, 2.24) is 29.5 Å². The fourth-order valence-electron chi connectivity index (χ4n) is 3.64. The minimum atomic E-state index is 0.448. The first-order valence-corrected chi connectivity index (χ1v) is 8.20. The Hall–Kier alpha value is -2.96. The second kappa shape index (κ2) is 5.30. The first kappa shape index (κ1) is 13.5. The molecule has 0 amide bonds. The van der Waals surface area contributed by atoms with Gasteiger partial charge in [-0.2, -0.15) is 0 Å². The van der Waals surface area contributed by atoms with Crippen LogP contribution in [0, 0.1) is 0 Å². The predicted octanol–water partition coefficient (Wildman–Crippen LogP) is 2.54. The second-order valence-electron chi connectivity index (χ2n) is 6.17. The van der Waals surface area contributed by atoms with Crippen molar-refractivity contribution >= 4 is 27.9 Å². The van der Waals surface area contributed by atoms with Crippen molar-refractivity contribution in [1.29, 1.82) is 0 Å². The zero-order valence-electron chi connectivity index (χ0n) is 13.1. The zero-order chi connectivity index (χ0) is 15.9. The molecule has 1 fully saturated rings. The van der Waals surface area contributed by atoms with E-state index >= 15 is 0 Å². The Morgan fingerprint density at radius 3 is 2.79 bits per heavy atom. The van der Waals surface area contributed by atoms with E-state index < -0.39 is 0 Å². The molecule has 5 rings (SSSR count). The van der Waals surface area contributed by atoms with Gasteiger partial charge >= 0.3 is 0 Å². The Morgan fingerprint density at radius 2 is 1.96 bits per heavy atom. The van der Waals surface area contributed by atoms with Gasteiger partial charge in [-0.25, -0.2) is 15.0 Å². The molecule has 5 heterocycles. The van der Waals surface area contributed by atoms with Gasteiger partial charge in [-0.15, -0.1) is 0 Å². The Labute approximate surface area is 138 Å². The smallest absolute Gasteiger partial charge is 0.147 e.